The van der Waals surface area contributed by atoms with Crippen LogP contribution < -0.4 is 11.3 Å². The number of nitrogens with one attached hydrogen (secondary N) is 1. The Hall–Kier alpha value is -1.60. The van der Waals surface area contributed by atoms with Crippen molar-refractivity contribution >= 4 is 6.09 Å². The first-order chi connectivity index (χ1) is 10.0. The summed E-state index contributed by atoms with van der Waals surface area (Å²) in [5.41, 5.74) is 3.45. The highest BCUT2D eigenvalue weighted by Crippen LogP contribution is 2.33. The third kappa shape index (κ3) is 4.71. The lowest BCUT2D eigenvalue weighted by Crippen LogP contribution is -2.41. The molecule has 2 unspecified atom stereocenters. The fraction of sp³-hybridized carbons (Fsp3) is 0.714. The van der Waals surface area contributed by atoms with Gasteiger partial charge in [-0.2, -0.15) is 5.10 Å². The number of aryl methyl sites for hydroxylation is 1. The number of hydrogen-bond acceptors (Lipinski definition) is 4. The second-order valence-electron chi connectivity index (χ2n) is 5.26. The molecule has 7 nitrogen and oxygen atoms in total. The normalized spacial score (nSPS) is 21.6. The molecule has 0 bridgehead atoms. The Morgan fingerprint density at radius 3 is 2.71 bits per heavy atom. The molecular formula is C14H27N5O2. The van der Waals surface area contributed by atoms with Crippen molar-refractivity contribution in [3.05, 3.63) is 18.0 Å². The van der Waals surface area contributed by atoms with Gasteiger partial charge in [0, 0.05) is 25.8 Å². The molecule has 0 aliphatic carbocycles. The predicted octanol–water partition coefficient (Wildman–Crippen LogP) is 1.82. The summed E-state index contributed by atoms with van der Waals surface area (Å²) in [6.07, 6.45) is 2.88. The maximum Gasteiger partial charge on any atom is 0.407 e. The van der Waals surface area contributed by atoms with Gasteiger partial charge in [0.2, 0.25) is 0 Å². The van der Waals surface area contributed by atoms with Crippen LogP contribution in [-0.2, 0) is 6.54 Å². The van der Waals surface area contributed by atoms with Crippen molar-refractivity contribution in [1.82, 2.24) is 20.1 Å². The molecule has 1 aromatic rings. The Labute approximate surface area is 126 Å². The van der Waals surface area contributed by atoms with Crippen LogP contribution in [0.5, 0.6) is 0 Å². The average Bonchev–Trinajstić information content (AvgIpc) is 2.95. The van der Waals surface area contributed by atoms with E-state index >= 15 is 0 Å². The molecule has 2 heterocycles. The molecule has 1 aliphatic rings. The Morgan fingerprint density at radius 2 is 2.19 bits per heavy atom. The molecule has 1 saturated heterocycles. The molecule has 7 heteroatoms. The van der Waals surface area contributed by atoms with E-state index in [9.17, 15) is 9.90 Å². The van der Waals surface area contributed by atoms with Crippen molar-refractivity contribution in [2.75, 3.05) is 13.1 Å². The lowest BCUT2D eigenvalue weighted by molar-refractivity contribution is 0.0868. The standard InChI is InChI=1S/C12H19N3O2.C2H8N2/c1-3-15-11(6-7-13-15)10-5-4-9(2)8-14(10)12(16)17;1-2-4-3/h6-7,9-10H,3-5,8H2,1-2H3,(H,16,17);4H,2-3H2,1H3. The second kappa shape index (κ2) is 8.63. The second-order valence-corrected chi connectivity index (χ2v) is 5.26. The first kappa shape index (κ1) is 17.5. The highest BCUT2D eigenvalue weighted by atomic mass is 16.4. The van der Waals surface area contributed by atoms with Crippen molar-refractivity contribution < 1.29 is 9.90 Å². The smallest absolute Gasteiger partial charge is 0.407 e. The van der Waals surface area contributed by atoms with Crippen LogP contribution in [0.15, 0.2) is 12.3 Å². The monoisotopic (exact) mass is 297 g/mol. The lowest BCUT2D eigenvalue weighted by atomic mass is 9.93. The zero-order chi connectivity index (χ0) is 15.8. The number of hydrazine groups is 1. The van der Waals surface area contributed by atoms with Crippen molar-refractivity contribution in [3.8, 4) is 0 Å². The molecule has 2 atom stereocenters. The van der Waals surface area contributed by atoms with Crippen LogP contribution in [-0.4, -0.2) is 39.0 Å². The minimum atomic E-state index is -0.828. The molecule has 0 aromatic carbocycles. The Kier molecular flexibility index (Phi) is 7.18. The summed E-state index contributed by atoms with van der Waals surface area (Å²) < 4.78 is 1.89. The third-order valence-corrected chi connectivity index (χ3v) is 3.66. The Balaban J connectivity index is 0.000000491. The van der Waals surface area contributed by atoms with Gasteiger partial charge in [0.1, 0.15) is 0 Å². The number of nitrogens with zero attached hydrogens (tertiary/aromatic N) is 3. The van der Waals surface area contributed by atoms with E-state index in [0.717, 1.165) is 31.6 Å². The van der Waals surface area contributed by atoms with Gasteiger partial charge >= 0.3 is 6.09 Å². The van der Waals surface area contributed by atoms with Crippen molar-refractivity contribution in [2.24, 2.45) is 11.8 Å². The van der Waals surface area contributed by atoms with Crippen LogP contribution in [0.3, 0.4) is 0 Å². The fourth-order valence-corrected chi connectivity index (χ4v) is 2.56. The maximum atomic E-state index is 11.3. The van der Waals surface area contributed by atoms with E-state index in [1.54, 1.807) is 11.1 Å². The zero-order valence-corrected chi connectivity index (χ0v) is 13.1. The van der Waals surface area contributed by atoms with Crippen LogP contribution in [0.25, 0.3) is 0 Å². The van der Waals surface area contributed by atoms with E-state index in [1.165, 1.54) is 0 Å². The number of carbonyl (C=O) groups is 1. The molecule has 1 aliphatic heterocycles. The first-order valence-electron chi connectivity index (χ1n) is 7.49. The Bertz CT molecular complexity index is 433. The number of carboxylic acid groups (broad SMARTS) is 1. The molecule has 21 heavy (non-hydrogen) atoms. The quantitative estimate of drug-likeness (QED) is 0.584. The van der Waals surface area contributed by atoms with Crippen molar-refractivity contribution in [2.45, 2.75) is 46.2 Å². The summed E-state index contributed by atoms with van der Waals surface area (Å²) in [7, 11) is 0. The number of piperidine rings is 1. The van der Waals surface area contributed by atoms with Crippen LogP contribution >= 0.6 is 0 Å². The average molecular weight is 297 g/mol. The molecule has 0 saturated carbocycles. The summed E-state index contributed by atoms with van der Waals surface area (Å²) in [4.78, 5) is 12.9. The molecule has 2 rings (SSSR count). The zero-order valence-electron chi connectivity index (χ0n) is 13.1. The molecule has 4 N–H and O–H groups in total. The molecule has 120 valence electrons. The highest BCUT2D eigenvalue weighted by Gasteiger charge is 2.32. The molecule has 1 aromatic heterocycles. The molecule has 0 radical (unpaired) electrons. The molecule has 1 amide bonds. The fourth-order valence-electron chi connectivity index (χ4n) is 2.56. The maximum absolute atomic E-state index is 11.3. The molecule has 0 spiro atoms. The number of amides is 1. The summed E-state index contributed by atoms with van der Waals surface area (Å²) in [6, 6.07) is 1.89. The van der Waals surface area contributed by atoms with Crippen molar-refractivity contribution in [3.63, 3.8) is 0 Å². The van der Waals surface area contributed by atoms with Gasteiger partial charge in [-0.05, 0) is 31.7 Å². The largest absolute Gasteiger partial charge is 0.465 e. The number of nitrogens with two attached hydrogens (primary N) is 1. The van der Waals surface area contributed by atoms with E-state index in [2.05, 4.69) is 17.4 Å². The van der Waals surface area contributed by atoms with Gasteiger partial charge in [-0.3, -0.25) is 20.9 Å². The summed E-state index contributed by atoms with van der Waals surface area (Å²) in [5.74, 6) is 5.22. The number of likely N-dealkylation sites (tertiary alicyclic amines) is 1. The van der Waals surface area contributed by atoms with E-state index in [1.807, 2.05) is 24.6 Å². The SMILES string of the molecule is CCNN.CCn1nccc1C1CCC(C)CN1C(=O)O. The highest BCUT2D eigenvalue weighted by molar-refractivity contribution is 5.65. The minimum Gasteiger partial charge on any atom is -0.465 e. The van der Waals surface area contributed by atoms with Gasteiger partial charge in [-0.25, -0.2) is 4.79 Å². The summed E-state index contributed by atoms with van der Waals surface area (Å²) >= 11 is 0. The van der Waals surface area contributed by atoms with Gasteiger partial charge in [-0.15, -0.1) is 0 Å². The van der Waals surface area contributed by atoms with E-state index in [4.69, 9.17) is 5.84 Å². The van der Waals surface area contributed by atoms with Gasteiger partial charge < -0.3 is 5.11 Å². The number of hydrogen-bond donors (Lipinski definition) is 3. The summed E-state index contributed by atoms with van der Waals surface area (Å²) in [6.45, 7) is 8.31. The molecular weight excluding hydrogens is 270 g/mol. The van der Waals surface area contributed by atoms with Crippen LogP contribution in [0.2, 0.25) is 0 Å². The van der Waals surface area contributed by atoms with Crippen LogP contribution in [0.4, 0.5) is 4.79 Å². The van der Waals surface area contributed by atoms with Gasteiger partial charge in [-0.1, -0.05) is 13.8 Å². The lowest BCUT2D eigenvalue weighted by Gasteiger charge is -2.36. The predicted molar refractivity (Wildman–Crippen MR) is 81.6 cm³/mol. The van der Waals surface area contributed by atoms with Gasteiger partial charge in [0.05, 0.1) is 11.7 Å². The van der Waals surface area contributed by atoms with E-state index in [-0.39, 0.29) is 6.04 Å². The van der Waals surface area contributed by atoms with Crippen molar-refractivity contribution in [1.29, 1.82) is 0 Å². The topological polar surface area (TPSA) is 96.4 Å². The van der Waals surface area contributed by atoms with E-state index in [0.29, 0.717) is 12.5 Å². The number of rotatable bonds is 3. The number of aromatic nitrogens is 2. The van der Waals surface area contributed by atoms with Gasteiger partial charge in [0.25, 0.3) is 0 Å². The van der Waals surface area contributed by atoms with Crippen LogP contribution in [0.1, 0.15) is 45.3 Å². The van der Waals surface area contributed by atoms with E-state index < -0.39 is 6.09 Å². The Morgan fingerprint density at radius 1 is 1.52 bits per heavy atom. The molecule has 1 fully saturated rings. The van der Waals surface area contributed by atoms with Crippen LogP contribution in [0, 0.1) is 5.92 Å². The van der Waals surface area contributed by atoms with Gasteiger partial charge in [0.15, 0.2) is 0 Å². The third-order valence-electron chi connectivity index (χ3n) is 3.66. The first-order valence-corrected chi connectivity index (χ1v) is 7.49. The minimum absolute atomic E-state index is 0.0360. The summed E-state index contributed by atoms with van der Waals surface area (Å²) in [5, 5.41) is 13.5.